The Morgan fingerprint density at radius 1 is 1.29 bits per heavy atom. The van der Waals surface area contributed by atoms with Crippen LogP contribution in [0.4, 0.5) is 0 Å². The molecule has 96 valence electrons. The van der Waals surface area contributed by atoms with Crippen LogP contribution in [0.15, 0.2) is 24.3 Å². The molecule has 0 radical (unpaired) electrons. The maximum atomic E-state index is 9.96. The fourth-order valence-corrected chi connectivity index (χ4v) is 1.53. The van der Waals surface area contributed by atoms with Gasteiger partial charge in [0.2, 0.25) is 0 Å². The molecule has 0 saturated carbocycles. The van der Waals surface area contributed by atoms with Crippen molar-refractivity contribution in [1.29, 1.82) is 0 Å². The Morgan fingerprint density at radius 2 is 1.94 bits per heavy atom. The van der Waals surface area contributed by atoms with E-state index in [0.29, 0.717) is 0 Å². The third-order valence-electron chi connectivity index (χ3n) is 2.56. The Bertz CT molecular complexity index is 355. The maximum Gasteiger partial charge on any atom is 0.133 e. The SMILES string of the molecule is CN(C)C(O)c1cccc(CNC(C)(C)C)c1. The normalized spacial score (nSPS) is 14.1. The van der Waals surface area contributed by atoms with E-state index < -0.39 is 6.23 Å². The molecular weight excluding hydrogens is 212 g/mol. The van der Waals surface area contributed by atoms with E-state index in [1.807, 2.05) is 32.3 Å². The monoisotopic (exact) mass is 236 g/mol. The van der Waals surface area contributed by atoms with Gasteiger partial charge in [0, 0.05) is 12.1 Å². The van der Waals surface area contributed by atoms with Crippen LogP contribution in [0.3, 0.4) is 0 Å². The summed E-state index contributed by atoms with van der Waals surface area (Å²) in [5, 5.41) is 13.4. The highest BCUT2D eigenvalue weighted by Crippen LogP contribution is 2.16. The number of aliphatic hydroxyl groups is 1. The highest BCUT2D eigenvalue weighted by molar-refractivity contribution is 5.25. The zero-order chi connectivity index (χ0) is 13.1. The molecule has 0 spiro atoms. The summed E-state index contributed by atoms with van der Waals surface area (Å²) in [4.78, 5) is 1.79. The first-order valence-electron chi connectivity index (χ1n) is 5.98. The standard InChI is InChI=1S/C14H24N2O/c1-14(2,3)15-10-11-7-6-8-12(9-11)13(17)16(4)5/h6-9,13,15,17H,10H2,1-5H3. The molecule has 1 atom stereocenters. The summed E-state index contributed by atoms with van der Waals surface area (Å²) in [6.07, 6.45) is -0.537. The Morgan fingerprint density at radius 3 is 2.47 bits per heavy atom. The van der Waals surface area contributed by atoms with Crippen LogP contribution in [0.2, 0.25) is 0 Å². The highest BCUT2D eigenvalue weighted by Gasteiger charge is 2.11. The van der Waals surface area contributed by atoms with Gasteiger partial charge in [0.15, 0.2) is 0 Å². The zero-order valence-electron chi connectivity index (χ0n) is 11.5. The van der Waals surface area contributed by atoms with Crippen molar-refractivity contribution in [2.75, 3.05) is 14.1 Å². The molecule has 17 heavy (non-hydrogen) atoms. The topological polar surface area (TPSA) is 35.5 Å². The van der Waals surface area contributed by atoms with Crippen LogP contribution in [0.1, 0.15) is 38.1 Å². The number of aliphatic hydroxyl groups excluding tert-OH is 1. The van der Waals surface area contributed by atoms with Crippen molar-refractivity contribution in [3.05, 3.63) is 35.4 Å². The Kier molecular flexibility index (Phi) is 4.69. The lowest BCUT2D eigenvalue weighted by Gasteiger charge is -2.22. The van der Waals surface area contributed by atoms with Gasteiger partial charge in [-0.05, 0) is 46.0 Å². The fraction of sp³-hybridized carbons (Fsp3) is 0.571. The lowest BCUT2D eigenvalue weighted by Crippen LogP contribution is -2.35. The van der Waals surface area contributed by atoms with Gasteiger partial charge >= 0.3 is 0 Å². The molecule has 2 N–H and O–H groups in total. The first kappa shape index (κ1) is 14.2. The molecule has 3 nitrogen and oxygen atoms in total. The second kappa shape index (κ2) is 5.63. The van der Waals surface area contributed by atoms with Gasteiger partial charge in [0.05, 0.1) is 0 Å². The smallest absolute Gasteiger partial charge is 0.133 e. The van der Waals surface area contributed by atoms with E-state index in [1.165, 1.54) is 5.56 Å². The van der Waals surface area contributed by atoms with Gasteiger partial charge in [0.1, 0.15) is 6.23 Å². The average molecular weight is 236 g/mol. The van der Waals surface area contributed by atoms with Gasteiger partial charge in [-0.1, -0.05) is 24.3 Å². The molecule has 0 aliphatic rings. The van der Waals surface area contributed by atoms with Crippen molar-refractivity contribution < 1.29 is 5.11 Å². The van der Waals surface area contributed by atoms with Gasteiger partial charge < -0.3 is 10.4 Å². The van der Waals surface area contributed by atoms with Crippen LogP contribution in [0, 0.1) is 0 Å². The predicted octanol–water partition coefficient (Wildman–Crippen LogP) is 2.13. The first-order chi connectivity index (χ1) is 7.79. The summed E-state index contributed by atoms with van der Waals surface area (Å²) in [7, 11) is 3.73. The summed E-state index contributed by atoms with van der Waals surface area (Å²) in [6.45, 7) is 7.25. The molecule has 1 rings (SSSR count). The molecule has 0 bridgehead atoms. The molecule has 0 fully saturated rings. The molecule has 0 heterocycles. The molecule has 3 heteroatoms. The summed E-state index contributed by atoms with van der Waals surface area (Å²) in [5.41, 5.74) is 2.23. The van der Waals surface area contributed by atoms with Crippen LogP contribution in [0.25, 0.3) is 0 Å². The first-order valence-corrected chi connectivity index (χ1v) is 5.98. The Labute approximate surface area is 104 Å². The number of rotatable bonds is 4. The third kappa shape index (κ3) is 4.86. The lowest BCUT2D eigenvalue weighted by atomic mass is 10.1. The molecule has 1 unspecified atom stereocenters. The van der Waals surface area contributed by atoms with Gasteiger partial charge in [-0.15, -0.1) is 0 Å². The average Bonchev–Trinajstić information content (AvgIpc) is 2.24. The molecule has 0 aliphatic heterocycles. The van der Waals surface area contributed by atoms with Crippen LogP contribution in [-0.4, -0.2) is 29.6 Å². The van der Waals surface area contributed by atoms with E-state index in [0.717, 1.165) is 12.1 Å². The number of hydrogen-bond acceptors (Lipinski definition) is 3. The van der Waals surface area contributed by atoms with E-state index in [9.17, 15) is 5.11 Å². The number of nitrogens with one attached hydrogen (secondary N) is 1. The van der Waals surface area contributed by atoms with E-state index >= 15 is 0 Å². The molecule has 0 amide bonds. The molecule has 0 aromatic heterocycles. The van der Waals surface area contributed by atoms with Crippen molar-refractivity contribution in [2.24, 2.45) is 0 Å². The fourth-order valence-electron chi connectivity index (χ4n) is 1.53. The minimum Gasteiger partial charge on any atom is -0.374 e. The Balaban J connectivity index is 2.73. The third-order valence-corrected chi connectivity index (χ3v) is 2.56. The van der Waals surface area contributed by atoms with Crippen LogP contribution >= 0.6 is 0 Å². The molecule has 0 aliphatic carbocycles. The van der Waals surface area contributed by atoms with Crippen molar-refractivity contribution >= 4 is 0 Å². The van der Waals surface area contributed by atoms with Crippen LogP contribution < -0.4 is 5.32 Å². The van der Waals surface area contributed by atoms with E-state index in [1.54, 1.807) is 4.90 Å². The quantitative estimate of drug-likeness (QED) is 0.786. The maximum absolute atomic E-state index is 9.96. The van der Waals surface area contributed by atoms with Crippen molar-refractivity contribution in [2.45, 2.75) is 39.1 Å². The predicted molar refractivity (Wildman–Crippen MR) is 71.7 cm³/mol. The number of nitrogens with zero attached hydrogens (tertiary/aromatic N) is 1. The lowest BCUT2D eigenvalue weighted by molar-refractivity contribution is 0.0395. The van der Waals surface area contributed by atoms with Crippen molar-refractivity contribution in [3.8, 4) is 0 Å². The van der Waals surface area contributed by atoms with Gasteiger partial charge in [-0.2, -0.15) is 0 Å². The Hall–Kier alpha value is -0.900. The molecular formula is C14H24N2O. The number of hydrogen-bond donors (Lipinski definition) is 2. The van der Waals surface area contributed by atoms with E-state index in [-0.39, 0.29) is 5.54 Å². The summed E-state index contributed by atoms with van der Waals surface area (Å²) in [5.74, 6) is 0. The minimum atomic E-state index is -0.537. The molecule has 0 saturated heterocycles. The van der Waals surface area contributed by atoms with Crippen LogP contribution in [-0.2, 0) is 6.54 Å². The molecule has 1 aromatic rings. The summed E-state index contributed by atoms with van der Waals surface area (Å²) >= 11 is 0. The van der Waals surface area contributed by atoms with Crippen molar-refractivity contribution in [1.82, 2.24) is 10.2 Å². The molecule has 1 aromatic carbocycles. The number of benzene rings is 1. The van der Waals surface area contributed by atoms with Gasteiger partial charge in [0.25, 0.3) is 0 Å². The van der Waals surface area contributed by atoms with Crippen LogP contribution in [0.5, 0.6) is 0 Å². The van der Waals surface area contributed by atoms with Gasteiger partial charge in [-0.25, -0.2) is 0 Å². The minimum absolute atomic E-state index is 0.107. The van der Waals surface area contributed by atoms with E-state index in [2.05, 4.69) is 32.2 Å². The zero-order valence-corrected chi connectivity index (χ0v) is 11.5. The second-order valence-electron chi connectivity index (χ2n) is 5.69. The van der Waals surface area contributed by atoms with Gasteiger partial charge in [-0.3, -0.25) is 4.90 Å². The van der Waals surface area contributed by atoms with E-state index in [4.69, 9.17) is 0 Å². The highest BCUT2D eigenvalue weighted by atomic mass is 16.3. The summed E-state index contributed by atoms with van der Waals surface area (Å²) in [6, 6.07) is 8.06. The second-order valence-corrected chi connectivity index (χ2v) is 5.69. The van der Waals surface area contributed by atoms with Crippen molar-refractivity contribution in [3.63, 3.8) is 0 Å². The largest absolute Gasteiger partial charge is 0.374 e. The summed E-state index contributed by atoms with van der Waals surface area (Å²) < 4.78 is 0.